The highest BCUT2D eigenvalue weighted by molar-refractivity contribution is 4.93. The number of hydrogen-bond donors (Lipinski definition) is 1. The largest absolute Gasteiger partial charge is 0.316 e. The summed E-state index contributed by atoms with van der Waals surface area (Å²) in [7, 11) is 0. The average molecular weight is 267 g/mol. The van der Waals surface area contributed by atoms with Crippen molar-refractivity contribution in [2.45, 2.75) is 46.6 Å². The Morgan fingerprint density at radius 1 is 1.16 bits per heavy atom. The molecule has 0 bridgehead atoms. The van der Waals surface area contributed by atoms with Crippen LogP contribution in [0.3, 0.4) is 0 Å². The van der Waals surface area contributed by atoms with Gasteiger partial charge in [-0.05, 0) is 37.3 Å². The molecule has 2 aliphatic heterocycles. The van der Waals surface area contributed by atoms with Gasteiger partial charge in [-0.3, -0.25) is 4.90 Å². The van der Waals surface area contributed by atoms with Crippen LogP contribution in [0.15, 0.2) is 0 Å². The van der Waals surface area contributed by atoms with Crippen LogP contribution in [0.4, 0.5) is 0 Å². The summed E-state index contributed by atoms with van der Waals surface area (Å²) in [5, 5.41) is 3.55. The van der Waals surface area contributed by atoms with Crippen molar-refractivity contribution in [1.82, 2.24) is 15.1 Å². The molecule has 0 radical (unpaired) electrons. The second kappa shape index (κ2) is 6.55. The van der Waals surface area contributed by atoms with E-state index in [2.05, 4.69) is 42.8 Å². The van der Waals surface area contributed by atoms with E-state index in [0.29, 0.717) is 5.41 Å². The van der Waals surface area contributed by atoms with Gasteiger partial charge in [0.05, 0.1) is 0 Å². The van der Waals surface area contributed by atoms with Crippen LogP contribution in [-0.2, 0) is 0 Å². The Bertz CT molecular complexity index is 267. The summed E-state index contributed by atoms with van der Waals surface area (Å²) in [5.41, 5.74) is 0.429. The second-order valence-electron chi connectivity index (χ2n) is 7.53. The fourth-order valence-corrected chi connectivity index (χ4v) is 3.57. The van der Waals surface area contributed by atoms with Crippen molar-refractivity contribution >= 4 is 0 Å². The van der Waals surface area contributed by atoms with E-state index in [1.165, 1.54) is 58.7 Å². The first-order valence-corrected chi connectivity index (χ1v) is 8.16. The predicted molar refractivity (Wildman–Crippen MR) is 82.5 cm³/mol. The fourth-order valence-electron chi connectivity index (χ4n) is 3.57. The average Bonchev–Trinajstić information content (AvgIpc) is 2.37. The monoisotopic (exact) mass is 267 g/mol. The molecule has 0 aliphatic carbocycles. The van der Waals surface area contributed by atoms with E-state index in [9.17, 15) is 0 Å². The van der Waals surface area contributed by atoms with E-state index >= 15 is 0 Å². The molecule has 2 saturated heterocycles. The van der Waals surface area contributed by atoms with Gasteiger partial charge in [-0.2, -0.15) is 0 Å². The number of rotatable bonds is 4. The van der Waals surface area contributed by atoms with E-state index in [4.69, 9.17) is 0 Å². The topological polar surface area (TPSA) is 18.5 Å². The van der Waals surface area contributed by atoms with E-state index in [1.807, 2.05) is 0 Å². The van der Waals surface area contributed by atoms with Gasteiger partial charge in [0.25, 0.3) is 0 Å². The van der Waals surface area contributed by atoms with Crippen molar-refractivity contribution < 1.29 is 0 Å². The molecule has 0 aromatic carbocycles. The Balaban J connectivity index is 1.79. The Hall–Kier alpha value is -0.120. The lowest BCUT2D eigenvalue weighted by molar-refractivity contribution is 0.0202. The number of hydrogen-bond acceptors (Lipinski definition) is 3. The third-order valence-corrected chi connectivity index (χ3v) is 4.95. The fraction of sp³-hybridized carbons (Fsp3) is 1.00. The number of nitrogens with one attached hydrogen (secondary N) is 1. The first kappa shape index (κ1) is 15.3. The van der Waals surface area contributed by atoms with Crippen molar-refractivity contribution in [2.75, 3.05) is 45.8 Å². The molecular weight excluding hydrogens is 234 g/mol. The molecule has 3 heteroatoms. The van der Waals surface area contributed by atoms with Crippen LogP contribution in [-0.4, -0.2) is 61.7 Å². The van der Waals surface area contributed by atoms with Crippen LogP contribution < -0.4 is 5.32 Å². The van der Waals surface area contributed by atoms with Crippen molar-refractivity contribution in [1.29, 1.82) is 0 Å². The van der Waals surface area contributed by atoms with Crippen LogP contribution in [0.25, 0.3) is 0 Å². The lowest BCUT2D eigenvalue weighted by Gasteiger charge is -2.48. The lowest BCUT2D eigenvalue weighted by Crippen LogP contribution is -2.59. The molecule has 1 N–H and O–H groups in total. The van der Waals surface area contributed by atoms with E-state index < -0.39 is 0 Å². The SMILES string of the molecule is CC(C)CCN1CCN(C2CCNCC2(C)C)CC1. The quantitative estimate of drug-likeness (QED) is 0.841. The molecule has 112 valence electrons. The summed E-state index contributed by atoms with van der Waals surface area (Å²) >= 11 is 0. The lowest BCUT2D eigenvalue weighted by atomic mass is 9.79. The molecule has 2 aliphatic rings. The van der Waals surface area contributed by atoms with Gasteiger partial charge in [0.15, 0.2) is 0 Å². The minimum atomic E-state index is 0.429. The van der Waals surface area contributed by atoms with Gasteiger partial charge in [-0.15, -0.1) is 0 Å². The Labute approximate surface area is 119 Å². The highest BCUT2D eigenvalue weighted by Gasteiger charge is 2.37. The molecule has 3 nitrogen and oxygen atoms in total. The standard InChI is InChI=1S/C16H33N3/c1-14(2)6-8-18-9-11-19(12-10-18)15-5-7-17-13-16(15,3)4/h14-15,17H,5-13H2,1-4H3. The van der Waals surface area contributed by atoms with Gasteiger partial charge in [0.1, 0.15) is 0 Å². The third-order valence-electron chi connectivity index (χ3n) is 4.95. The molecule has 0 saturated carbocycles. The summed E-state index contributed by atoms with van der Waals surface area (Å²) in [6.45, 7) is 18.2. The van der Waals surface area contributed by atoms with Crippen LogP contribution in [0.5, 0.6) is 0 Å². The van der Waals surface area contributed by atoms with Crippen LogP contribution in [0.1, 0.15) is 40.5 Å². The zero-order valence-corrected chi connectivity index (χ0v) is 13.4. The minimum absolute atomic E-state index is 0.429. The normalized spacial score (nSPS) is 29.8. The number of nitrogens with zero attached hydrogens (tertiary/aromatic N) is 2. The highest BCUT2D eigenvalue weighted by Crippen LogP contribution is 2.30. The Kier molecular flexibility index (Phi) is 5.27. The maximum Gasteiger partial charge on any atom is 0.0172 e. The summed E-state index contributed by atoms with van der Waals surface area (Å²) < 4.78 is 0. The van der Waals surface area contributed by atoms with Crippen molar-refractivity contribution in [3.05, 3.63) is 0 Å². The Morgan fingerprint density at radius 2 is 1.84 bits per heavy atom. The number of piperidine rings is 1. The molecule has 2 heterocycles. The van der Waals surface area contributed by atoms with E-state index in [-0.39, 0.29) is 0 Å². The van der Waals surface area contributed by atoms with Crippen LogP contribution in [0.2, 0.25) is 0 Å². The first-order chi connectivity index (χ1) is 8.99. The van der Waals surface area contributed by atoms with E-state index in [1.54, 1.807) is 0 Å². The molecule has 0 aromatic rings. The molecule has 0 amide bonds. The molecule has 19 heavy (non-hydrogen) atoms. The van der Waals surface area contributed by atoms with Crippen LogP contribution >= 0.6 is 0 Å². The summed E-state index contributed by atoms with van der Waals surface area (Å²) in [4.78, 5) is 5.41. The molecule has 2 rings (SSSR count). The molecular formula is C16H33N3. The minimum Gasteiger partial charge on any atom is -0.316 e. The summed E-state index contributed by atoms with van der Waals surface area (Å²) in [6, 6.07) is 0.779. The summed E-state index contributed by atoms with van der Waals surface area (Å²) in [6.07, 6.45) is 2.66. The number of piperazine rings is 1. The molecule has 1 unspecified atom stereocenters. The van der Waals surface area contributed by atoms with Crippen molar-refractivity contribution in [2.24, 2.45) is 11.3 Å². The predicted octanol–water partition coefficient (Wildman–Crippen LogP) is 2.04. The second-order valence-corrected chi connectivity index (χ2v) is 7.53. The van der Waals surface area contributed by atoms with Gasteiger partial charge in [0, 0.05) is 38.8 Å². The summed E-state index contributed by atoms with van der Waals surface area (Å²) in [5.74, 6) is 0.835. The third kappa shape index (κ3) is 4.17. The highest BCUT2D eigenvalue weighted by atomic mass is 15.3. The molecule has 1 atom stereocenters. The molecule has 0 aromatic heterocycles. The maximum absolute atomic E-state index is 3.55. The Morgan fingerprint density at radius 3 is 2.42 bits per heavy atom. The first-order valence-electron chi connectivity index (χ1n) is 8.16. The smallest absolute Gasteiger partial charge is 0.0172 e. The van der Waals surface area contributed by atoms with Gasteiger partial charge in [-0.1, -0.05) is 27.7 Å². The van der Waals surface area contributed by atoms with E-state index in [0.717, 1.165) is 12.0 Å². The molecule has 0 spiro atoms. The zero-order valence-electron chi connectivity index (χ0n) is 13.4. The van der Waals surface area contributed by atoms with Crippen molar-refractivity contribution in [3.63, 3.8) is 0 Å². The van der Waals surface area contributed by atoms with Gasteiger partial charge < -0.3 is 10.2 Å². The van der Waals surface area contributed by atoms with Crippen LogP contribution in [0, 0.1) is 11.3 Å². The zero-order chi connectivity index (χ0) is 13.9. The van der Waals surface area contributed by atoms with Gasteiger partial charge in [0.2, 0.25) is 0 Å². The maximum atomic E-state index is 3.55. The van der Waals surface area contributed by atoms with Crippen molar-refractivity contribution in [3.8, 4) is 0 Å². The van der Waals surface area contributed by atoms with Gasteiger partial charge >= 0.3 is 0 Å². The molecule has 2 fully saturated rings. The van der Waals surface area contributed by atoms with Gasteiger partial charge in [-0.25, -0.2) is 0 Å².